The third-order valence-corrected chi connectivity index (χ3v) is 5.64. The van der Waals surface area contributed by atoms with E-state index in [2.05, 4.69) is 37.4 Å². The summed E-state index contributed by atoms with van der Waals surface area (Å²) in [6.45, 7) is 1.95. The molecule has 5 nitrogen and oxygen atoms in total. The number of benzene rings is 1. The molecule has 28 heavy (non-hydrogen) atoms. The Morgan fingerprint density at radius 1 is 1.29 bits per heavy atom. The summed E-state index contributed by atoms with van der Waals surface area (Å²) in [6.07, 6.45) is 1.93. The van der Waals surface area contributed by atoms with Gasteiger partial charge < -0.3 is 5.32 Å². The van der Waals surface area contributed by atoms with Crippen LogP contribution in [-0.2, 0) is 6.42 Å². The molecule has 0 unspecified atom stereocenters. The van der Waals surface area contributed by atoms with E-state index in [4.69, 9.17) is 0 Å². The molecule has 0 spiro atoms. The van der Waals surface area contributed by atoms with Gasteiger partial charge in [0, 0.05) is 5.56 Å². The number of nitrogens with one attached hydrogen (secondary N) is 1. The molecule has 0 aliphatic heterocycles. The van der Waals surface area contributed by atoms with Crippen molar-refractivity contribution in [2.45, 2.75) is 13.3 Å². The molecule has 4 rings (SSSR count). The van der Waals surface area contributed by atoms with Gasteiger partial charge in [-0.05, 0) is 52.7 Å². The van der Waals surface area contributed by atoms with Crippen molar-refractivity contribution in [2.75, 3.05) is 5.32 Å². The molecule has 0 bridgehead atoms. The van der Waals surface area contributed by atoms with Crippen LogP contribution in [0.25, 0.3) is 16.8 Å². The summed E-state index contributed by atoms with van der Waals surface area (Å²) in [6, 6.07) is 9.61. The minimum absolute atomic E-state index is 0.328. The van der Waals surface area contributed by atoms with E-state index >= 15 is 0 Å². The van der Waals surface area contributed by atoms with Gasteiger partial charge in [0.15, 0.2) is 10.9 Å². The van der Waals surface area contributed by atoms with Crippen LogP contribution in [0.4, 0.5) is 19.6 Å². The molecular formula is C19H12BrF2N5S. The fraction of sp³-hybridized carbons (Fsp3) is 0.105. The molecule has 0 radical (unpaired) electrons. The van der Waals surface area contributed by atoms with Gasteiger partial charge in [-0.1, -0.05) is 18.3 Å². The number of rotatable bonds is 4. The third kappa shape index (κ3) is 3.25. The van der Waals surface area contributed by atoms with Crippen LogP contribution in [0.5, 0.6) is 0 Å². The van der Waals surface area contributed by atoms with E-state index in [9.17, 15) is 14.0 Å². The van der Waals surface area contributed by atoms with Crippen molar-refractivity contribution in [2.24, 2.45) is 0 Å². The van der Waals surface area contributed by atoms with E-state index in [1.165, 1.54) is 34.2 Å². The van der Waals surface area contributed by atoms with Gasteiger partial charge in [0.2, 0.25) is 0 Å². The lowest BCUT2D eigenvalue weighted by molar-refractivity contribution is 0.607. The van der Waals surface area contributed by atoms with Crippen molar-refractivity contribution >= 4 is 43.6 Å². The SMILES string of the molecule is CCc1nn2cc(F)c(Br)cc2c1Nc1nc(-c2ccc(F)cc2)c(C#N)s1. The standard InChI is InChI=1S/C19H12BrF2N5S/c1-2-14-18(15-7-12(20)13(22)9-27(15)26-14)25-19-24-17(16(8-23)28-19)10-3-5-11(21)6-4-10/h3-7,9H,2H2,1H3,(H,24,25). The number of fused-ring (bicyclic) bond motifs is 1. The van der Waals surface area contributed by atoms with Crippen molar-refractivity contribution in [1.29, 1.82) is 5.26 Å². The molecule has 4 aromatic rings. The van der Waals surface area contributed by atoms with Crippen LogP contribution in [0.1, 0.15) is 17.5 Å². The highest BCUT2D eigenvalue weighted by molar-refractivity contribution is 9.10. The van der Waals surface area contributed by atoms with E-state index < -0.39 is 5.82 Å². The number of hydrogen-bond acceptors (Lipinski definition) is 5. The van der Waals surface area contributed by atoms with Gasteiger partial charge in [-0.2, -0.15) is 10.4 Å². The normalized spacial score (nSPS) is 11.0. The number of halogens is 3. The predicted octanol–water partition coefficient (Wildman–Crippen LogP) is 5.68. The molecule has 3 heterocycles. The zero-order valence-corrected chi connectivity index (χ0v) is 16.9. The van der Waals surface area contributed by atoms with Gasteiger partial charge in [-0.25, -0.2) is 18.3 Å². The van der Waals surface area contributed by atoms with Crippen LogP contribution in [0.2, 0.25) is 0 Å². The van der Waals surface area contributed by atoms with Gasteiger partial charge in [0.05, 0.1) is 27.6 Å². The van der Waals surface area contributed by atoms with Crippen LogP contribution in [-0.4, -0.2) is 14.6 Å². The molecule has 140 valence electrons. The molecule has 0 aliphatic rings. The predicted molar refractivity (Wildman–Crippen MR) is 108 cm³/mol. The maximum Gasteiger partial charge on any atom is 0.189 e. The number of thiazole rings is 1. The molecule has 1 aromatic carbocycles. The third-order valence-electron chi connectivity index (χ3n) is 4.16. The summed E-state index contributed by atoms with van der Waals surface area (Å²) in [7, 11) is 0. The zero-order valence-electron chi connectivity index (χ0n) is 14.5. The van der Waals surface area contributed by atoms with Gasteiger partial charge in [0.1, 0.15) is 22.5 Å². The smallest absolute Gasteiger partial charge is 0.189 e. The molecule has 0 amide bonds. The topological polar surface area (TPSA) is 66.0 Å². The second kappa shape index (κ2) is 7.30. The molecule has 0 atom stereocenters. The first kappa shape index (κ1) is 18.5. The second-order valence-corrected chi connectivity index (χ2v) is 7.77. The summed E-state index contributed by atoms with van der Waals surface area (Å²) >= 11 is 4.39. The van der Waals surface area contributed by atoms with Crippen molar-refractivity contribution in [3.63, 3.8) is 0 Å². The van der Waals surface area contributed by atoms with E-state index in [1.807, 2.05) is 6.92 Å². The summed E-state index contributed by atoms with van der Waals surface area (Å²) in [4.78, 5) is 4.93. The van der Waals surface area contributed by atoms with E-state index in [1.54, 1.807) is 18.2 Å². The van der Waals surface area contributed by atoms with Crippen LogP contribution >= 0.6 is 27.3 Å². The Balaban J connectivity index is 1.79. The van der Waals surface area contributed by atoms with Gasteiger partial charge in [-0.3, -0.25) is 0 Å². The lowest BCUT2D eigenvalue weighted by atomic mass is 10.1. The number of pyridine rings is 1. The number of nitriles is 1. The highest BCUT2D eigenvalue weighted by atomic mass is 79.9. The van der Waals surface area contributed by atoms with E-state index in [0.717, 1.165) is 5.69 Å². The Morgan fingerprint density at radius 2 is 2.04 bits per heavy atom. The average Bonchev–Trinajstić information content (AvgIpc) is 3.24. The Kier molecular flexibility index (Phi) is 4.83. The molecule has 9 heteroatoms. The molecule has 0 fully saturated rings. The Morgan fingerprint density at radius 3 is 2.71 bits per heavy atom. The van der Waals surface area contributed by atoms with Crippen molar-refractivity contribution in [1.82, 2.24) is 14.6 Å². The van der Waals surface area contributed by atoms with Gasteiger partial charge in [-0.15, -0.1) is 0 Å². The molecule has 1 N–H and O–H groups in total. The minimum atomic E-state index is -0.413. The van der Waals surface area contributed by atoms with Crippen molar-refractivity contribution < 1.29 is 8.78 Å². The highest BCUT2D eigenvalue weighted by Gasteiger charge is 2.18. The average molecular weight is 460 g/mol. The van der Waals surface area contributed by atoms with Crippen molar-refractivity contribution in [3.8, 4) is 17.3 Å². The van der Waals surface area contributed by atoms with Gasteiger partial charge in [0.25, 0.3) is 0 Å². The minimum Gasteiger partial charge on any atom is -0.328 e. The summed E-state index contributed by atoms with van der Waals surface area (Å²) < 4.78 is 28.8. The quantitative estimate of drug-likeness (QED) is 0.426. The molecule has 0 aliphatic carbocycles. The fourth-order valence-electron chi connectivity index (χ4n) is 2.83. The molecule has 0 saturated carbocycles. The van der Waals surface area contributed by atoms with Gasteiger partial charge >= 0.3 is 0 Å². The monoisotopic (exact) mass is 459 g/mol. The first-order chi connectivity index (χ1) is 13.5. The molecule has 0 saturated heterocycles. The highest BCUT2D eigenvalue weighted by Crippen LogP contribution is 2.35. The Bertz CT molecular complexity index is 1220. The first-order valence-electron chi connectivity index (χ1n) is 8.30. The van der Waals surface area contributed by atoms with E-state index in [-0.39, 0.29) is 5.82 Å². The van der Waals surface area contributed by atoms with Crippen LogP contribution in [0.15, 0.2) is 41.0 Å². The zero-order chi connectivity index (χ0) is 19.8. The lowest BCUT2D eigenvalue weighted by Gasteiger charge is -2.03. The number of aryl methyl sites for hydroxylation is 1. The Hall–Kier alpha value is -2.83. The number of hydrogen-bond donors (Lipinski definition) is 1. The number of anilines is 2. The van der Waals surface area contributed by atoms with Crippen LogP contribution < -0.4 is 5.32 Å². The van der Waals surface area contributed by atoms with E-state index in [0.29, 0.717) is 43.4 Å². The first-order valence-corrected chi connectivity index (χ1v) is 9.91. The number of nitrogens with zero attached hydrogens (tertiary/aromatic N) is 4. The summed E-state index contributed by atoms with van der Waals surface area (Å²) in [5, 5.41) is 17.6. The fourth-order valence-corrected chi connectivity index (χ4v) is 3.94. The summed E-state index contributed by atoms with van der Waals surface area (Å²) in [5.74, 6) is -0.767. The maximum absolute atomic E-state index is 13.8. The second-order valence-electron chi connectivity index (χ2n) is 5.91. The van der Waals surface area contributed by atoms with Crippen LogP contribution in [0.3, 0.4) is 0 Å². The lowest BCUT2D eigenvalue weighted by Crippen LogP contribution is -1.93. The molecule has 3 aromatic heterocycles. The Labute approximate surface area is 171 Å². The maximum atomic E-state index is 13.8. The number of aromatic nitrogens is 3. The van der Waals surface area contributed by atoms with Crippen molar-refractivity contribution in [3.05, 3.63) is 63.2 Å². The van der Waals surface area contributed by atoms with Crippen LogP contribution in [0, 0.1) is 23.0 Å². The largest absolute Gasteiger partial charge is 0.328 e. The summed E-state index contributed by atoms with van der Waals surface area (Å²) in [5.41, 5.74) is 3.27. The molecular weight excluding hydrogens is 448 g/mol.